The first-order valence-electron chi connectivity index (χ1n) is 9.65. The summed E-state index contributed by atoms with van der Waals surface area (Å²) < 4.78 is 17.2. The van der Waals surface area contributed by atoms with E-state index in [0.29, 0.717) is 5.39 Å². The van der Waals surface area contributed by atoms with Crippen LogP contribution in [-0.2, 0) is 5.75 Å². The Kier molecular flexibility index (Phi) is 5.85. The van der Waals surface area contributed by atoms with Crippen molar-refractivity contribution in [1.29, 1.82) is 0 Å². The first-order valence-corrected chi connectivity index (χ1v) is 12.2. The van der Waals surface area contributed by atoms with Crippen molar-refractivity contribution in [3.8, 4) is 0 Å². The van der Waals surface area contributed by atoms with Crippen molar-refractivity contribution in [3.05, 3.63) is 100 Å². The second kappa shape index (κ2) is 8.91. The third-order valence-electron chi connectivity index (χ3n) is 4.90. The van der Waals surface area contributed by atoms with E-state index in [1.54, 1.807) is 29.2 Å². The SMILES string of the molecule is Fc1ccc(CSc2nc3ccc(N=Cc4ccc(Br)cc4)cc3s2)c2ccccc12. The zero-order valence-electron chi connectivity index (χ0n) is 16.3. The molecule has 0 spiro atoms. The van der Waals surface area contributed by atoms with Gasteiger partial charge in [-0.1, -0.05) is 70.2 Å². The van der Waals surface area contributed by atoms with Crippen LogP contribution in [0.3, 0.4) is 0 Å². The summed E-state index contributed by atoms with van der Waals surface area (Å²) in [5.74, 6) is 0.565. The van der Waals surface area contributed by atoms with E-state index in [9.17, 15) is 4.39 Å². The fraction of sp³-hybridized carbons (Fsp3) is 0.0400. The summed E-state index contributed by atoms with van der Waals surface area (Å²) in [5.41, 5.74) is 4.04. The normalized spacial score (nSPS) is 11.7. The molecule has 0 aliphatic carbocycles. The predicted octanol–water partition coefficient (Wildman–Crippen LogP) is 8.39. The van der Waals surface area contributed by atoms with Gasteiger partial charge in [-0.05, 0) is 52.9 Å². The van der Waals surface area contributed by atoms with Crippen molar-refractivity contribution in [2.75, 3.05) is 0 Å². The Bertz CT molecular complexity index is 1410. The highest BCUT2D eigenvalue weighted by Crippen LogP contribution is 2.35. The highest BCUT2D eigenvalue weighted by atomic mass is 79.9. The molecule has 2 nitrogen and oxygen atoms in total. The third kappa shape index (κ3) is 4.56. The molecular weight excluding hydrogens is 491 g/mol. The molecule has 5 rings (SSSR count). The van der Waals surface area contributed by atoms with Gasteiger partial charge in [0, 0.05) is 21.8 Å². The summed E-state index contributed by atoms with van der Waals surface area (Å²) in [5, 5.41) is 1.62. The molecule has 31 heavy (non-hydrogen) atoms. The van der Waals surface area contributed by atoms with E-state index in [4.69, 9.17) is 4.98 Å². The van der Waals surface area contributed by atoms with Crippen LogP contribution in [-0.4, -0.2) is 11.2 Å². The number of benzene rings is 4. The van der Waals surface area contributed by atoms with Crippen LogP contribution in [0.15, 0.2) is 92.7 Å². The highest BCUT2D eigenvalue weighted by Gasteiger charge is 2.09. The lowest BCUT2D eigenvalue weighted by Crippen LogP contribution is -1.87. The van der Waals surface area contributed by atoms with E-state index in [0.717, 1.165) is 47.0 Å². The van der Waals surface area contributed by atoms with E-state index in [-0.39, 0.29) is 5.82 Å². The van der Waals surface area contributed by atoms with Gasteiger partial charge < -0.3 is 0 Å². The summed E-state index contributed by atoms with van der Waals surface area (Å²) in [7, 11) is 0. The van der Waals surface area contributed by atoms with E-state index in [1.165, 1.54) is 0 Å². The van der Waals surface area contributed by atoms with Gasteiger partial charge in [-0.2, -0.15) is 0 Å². The molecule has 1 heterocycles. The van der Waals surface area contributed by atoms with Crippen molar-refractivity contribution in [1.82, 2.24) is 4.98 Å². The van der Waals surface area contributed by atoms with Crippen LogP contribution in [0.5, 0.6) is 0 Å². The van der Waals surface area contributed by atoms with Gasteiger partial charge in [0.1, 0.15) is 5.82 Å². The minimum absolute atomic E-state index is 0.180. The van der Waals surface area contributed by atoms with Gasteiger partial charge in [0.2, 0.25) is 0 Å². The molecule has 0 aliphatic heterocycles. The van der Waals surface area contributed by atoms with E-state index >= 15 is 0 Å². The van der Waals surface area contributed by atoms with Crippen molar-refractivity contribution in [3.63, 3.8) is 0 Å². The molecule has 0 saturated carbocycles. The lowest BCUT2D eigenvalue weighted by Gasteiger charge is -2.06. The number of aliphatic imine (C=N–C) groups is 1. The lowest BCUT2D eigenvalue weighted by molar-refractivity contribution is 0.639. The first-order chi connectivity index (χ1) is 15.2. The van der Waals surface area contributed by atoms with Gasteiger partial charge in [-0.25, -0.2) is 9.37 Å². The Morgan fingerprint density at radius 1 is 0.968 bits per heavy atom. The van der Waals surface area contributed by atoms with Gasteiger partial charge in [0.15, 0.2) is 4.34 Å². The fourth-order valence-electron chi connectivity index (χ4n) is 3.32. The first kappa shape index (κ1) is 20.4. The number of hydrogen-bond donors (Lipinski definition) is 0. The third-order valence-corrected chi connectivity index (χ3v) is 7.64. The van der Waals surface area contributed by atoms with Gasteiger partial charge in [0.25, 0.3) is 0 Å². The summed E-state index contributed by atoms with van der Waals surface area (Å²) in [6.07, 6.45) is 1.87. The standard InChI is InChI=1S/C25H16BrFN2S2/c26-18-8-5-16(6-9-18)14-28-19-10-12-23-24(13-19)31-25(29-23)30-15-17-7-11-22(27)21-4-2-1-3-20(17)21/h1-14H,15H2. The van der Waals surface area contributed by atoms with Crippen LogP contribution in [0.4, 0.5) is 10.1 Å². The zero-order valence-corrected chi connectivity index (χ0v) is 19.5. The largest absolute Gasteiger partial charge is 0.256 e. The average molecular weight is 507 g/mol. The molecule has 6 heteroatoms. The van der Waals surface area contributed by atoms with Crippen LogP contribution < -0.4 is 0 Å². The van der Waals surface area contributed by atoms with Crippen LogP contribution in [0.2, 0.25) is 0 Å². The quantitative estimate of drug-likeness (QED) is 0.176. The Morgan fingerprint density at radius 3 is 2.61 bits per heavy atom. The van der Waals surface area contributed by atoms with Gasteiger partial charge in [-0.15, -0.1) is 11.3 Å². The molecule has 0 bridgehead atoms. The van der Waals surface area contributed by atoms with E-state index in [2.05, 4.69) is 27.0 Å². The minimum atomic E-state index is -0.180. The van der Waals surface area contributed by atoms with Crippen molar-refractivity contribution in [2.24, 2.45) is 4.99 Å². The van der Waals surface area contributed by atoms with Crippen molar-refractivity contribution >= 4 is 71.9 Å². The highest BCUT2D eigenvalue weighted by molar-refractivity contribution is 9.10. The molecule has 4 aromatic carbocycles. The van der Waals surface area contributed by atoms with Gasteiger partial charge in [-0.3, -0.25) is 4.99 Å². The number of fused-ring (bicyclic) bond motifs is 2. The van der Waals surface area contributed by atoms with Crippen LogP contribution >= 0.6 is 39.0 Å². The van der Waals surface area contributed by atoms with Crippen LogP contribution in [0.25, 0.3) is 21.0 Å². The number of thioether (sulfide) groups is 1. The average Bonchev–Trinajstić information content (AvgIpc) is 3.21. The topological polar surface area (TPSA) is 25.2 Å². The summed E-state index contributed by atoms with van der Waals surface area (Å²) in [4.78, 5) is 9.34. The summed E-state index contributed by atoms with van der Waals surface area (Å²) in [6, 6.07) is 25.1. The summed E-state index contributed by atoms with van der Waals surface area (Å²) >= 11 is 6.78. The van der Waals surface area contributed by atoms with Crippen LogP contribution in [0, 0.1) is 5.82 Å². The number of aromatic nitrogens is 1. The smallest absolute Gasteiger partial charge is 0.151 e. The Balaban J connectivity index is 1.35. The molecule has 1 aromatic heterocycles. The molecule has 0 saturated heterocycles. The maximum atomic E-state index is 14.1. The van der Waals surface area contributed by atoms with Crippen LogP contribution in [0.1, 0.15) is 11.1 Å². The van der Waals surface area contributed by atoms with E-state index < -0.39 is 0 Å². The number of rotatable bonds is 5. The molecule has 0 aliphatic rings. The fourth-order valence-corrected chi connectivity index (χ4v) is 5.69. The predicted molar refractivity (Wildman–Crippen MR) is 134 cm³/mol. The zero-order chi connectivity index (χ0) is 21.2. The van der Waals surface area contributed by atoms with Crippen molar-refractivity contribution < 1.29 is 4.39 Å². The molecule has 0 radical (unpaired) electrons. The lowest BCUT2D eigenvalue weighted by atomic mass is 10.1. The number of hydrogen-bond acceptors (Lipinski definition) is 4. The second-order valence-electron chi connectivity index (χ2n) is 6.98. The molecule has 0 amide bonds. The number of halogens is 2. The van der Waals surface area contributed by atoms with Crippen molar-refractivity contribution in [2.45, 2.75) is 10.1 Å². The maximum Gasteiger partial charge on any atom is 0.151 e. The number of thiazole rings is 1. The molecular formula is C25H16BrFN2S2. The Hall–Kier alpha value is -2.54. The molecule has 0 unspecified atom stereocenters. The molecule has 0 atom stereocenters. The van der Waals surface area contributed by atoms with E-state index in [1.807, 2.05) is 72.9 Å². The summed E-state index contributed by atoms with van der Waals surface area (Å²) in [6.45, 7) is 0. The second-order valence-corrected chi connectivity index (χ2v) is 10.2. The Labute approximate surface area is 196 Å². The van der Waals surface area contributed by atoms with Gasteiger partial charge in [0.05, 0.1) is 15.9 Å². The molecule has 5 aromatic rings. The number of nitrogens with zero attached hydrogens (tertiary/aromatic N) is 2. The molecule has 152 valence electrons. The van der Waals surface area contributed by atoms with Gasteiger partial charge >= 0.3 is 0 Å². The Morgan fingerprint density at radius 2 is 1.77 bits per heavy atom. The monoisotopic (exact) mass is 506 g/mol. The minimum Gasteiger partial charge on any atom is -0.256 e. The maximum absolute atomic E-state index is 14.1. The molecule has 0 fully saturated rings. The molecule has 0 N–H and O–H groups in total.